The predicted octanol–water partition coefficient (Wildman–Crippen LogP) is 0.626. The molecule has 0 radical (unpaired) electrons. The van der Waals surface area contributed by atoms with Crippen molar-refractivity contribution in [3.63, 3.8) is 0 Å². The van der Waals surface area contributed by atoms with Crippen LogP contribution < -0.4 is 10.6 Å². The summed E-state index contributed by atoms with van der Waals surface area (Å²) in [6.07, 6.45) is 2.80. The van der Waals surface area contributed by atoms with Crippen molar-refractivity contribution in [3.05, 3.63) is 54.0 Å². The molecule has 9 nitrogen and oxygen atoms in total. The monoisotopic (exact) mass is 416 g/mol. The van der Waals surface area contributed by atoms with Crippen molar-refractivity contribution in [2.24, 2.45) is 4.40 Å². The molecule has 0 aliphatic carbocycles. The molecule has 0 bridgehead atoms. The fourth-order valence-corrected chi connectivity index (χ4v) is 4.75. The van der Waals surface area contributed by atoms with Gasteiger partial charge in [0.2, 0.25) is 11.8 Å². The Balaban J connectivity index is 1.40. The van der Waals surface area contributed by atoms with Crippen molar-refractivity contribution in [2.45, 2.75) is 30.3 Å². The first-order chi connectivity index (χ1) is 14.0. The summed E-state index contributed by atoms with van der Waals surface area (Å²) in [6, 6.07) is 9.47. The number of nitrogens with one attached hydrogen (secondary N) is 2. The first-order valence-corrected chi connectivity index (χ1v) is 10.7. The topological polar surface area (TPSA) is 121 Å². The summed E-state index contributed by atoms with van der Waals surface area (Å²) in [5, 5.41) is 5.28. The number of furan rings is 1. The number of hydrogen-bond donors (Lipinski definition) is 2. The fraction of sp³-hybridized carbons (Fsp3) is 0.316. The van der Waals surface area contributed by atoms with E-state index in [-0.39, 0.29) is 29.8 Å². The van der Waals surface area contributed by atoms with Crippen LogP contribution in [0.5, 0.6) is 0 Å². The number of amides is 2. The van der Waals surface area contributed by atoms with Gasteiger partial charge in [-0.05, 0) is 37.1 Å². The van der Waals surface area contributed by atoms with Gasteiger partial charge in [-0.2, -0.15) is 8.42 Å². The summed E-state index contributed by atoms with van der Waals surface area (Å²) in [4.78, 5) is 26.5. The van der Waals surface area contributed by atoms with E-state index in [0.29, 0.717) is 30.1 Å². The van der Waals surface area contributed by atoms with Crippen LogP contribution in [-0.4, -0.2) is 50.1 Å². The maximum Gasteiger partial charge on any atom is 0.285 e. The molecule has 29 heavy (non-hydrogen) atoms. The second-order valence-corrected chi connectivity index (χ2v) is 8.38. The molecule has 3 heterocycles. The lowest BCUT2D eigenvalue weighted by Crippen LogP contribution is -2.48. The maximum atomic E-state index is 12.7. The Bertz CT molecular complexity index is 1060. The highest BCUT2D eigenvalue weighted by atomic mass is 32.2. The van der Waals surface area contributed by atoms with E-state index < -0.39 is 16.1 Å². The highest BCUT2D eigenvalue weighted by Crippen LogP contribution is 2.31. The van der Waals surface area contributed by atoms with Crippen LogP contribution >= 0.6 is 0 Å². The fourth-order valence-electron chi connectivity index (χ4n) is 3.54. The van der Waals surface area contributed by atoms with E-state index in [4.69, 9.17) is 4.42 Å². The number of carbonyl (C=O) groups is 2. The van der Waals surface area contributed by atoms with Gasteiger partial charge in [0.25, 0.3) is 10.0 Å². The predicted molar refractivity (Wildman–Crippen MR) is 103 cm³/mol. The van der Waals surface area contributed by atoms with Gasteiger partial charge < -0.3 is 20.0 Å². The first kappa shape index (κ1) is 19.2. The summed E-state index contributed by atoms with van der Waals surface area (Å²) < 4.78 is 33.6. The minimum atomic E-state index is -3.75. The molecular weight excluding hydrogens is 396 g/mol. The molecule has 2 aliphatic rings. The van der Waals surface area contributed by atoms with E-state index in [1.807, 2.05) is 0 Å². The van der Waals surface area contributed by atoms with Crippen LogP contribution in [0, 0.1) is 0 Å². The Morgan fingerprint density at radius 3 is 2.79 bits per heavy atom. The third kappa shape index (κ3) is 3.88. The molecule has 0 spiro atoms. The molecule has 2 N–H and O–H groups in total. The van der Waals surface area contributed by atoms with Crippen LogP contribution in [0.4, 0.5) is 0 Å². The summed E-state index contributed by atoms with van der Waals surface area (Å²) >= 11 is 0. The first-order valence-electron chi connectivity index (χ1n) is 9.23. The Morgan fingerprint density at radius 2 is 2.00 bits per heavy atom. The normalized spacial score (nSPS) is 19.5. The minimum absolute atomic E-state index is 0.151. The van der Waals surface area contributed by atoms with Crippen molar-refractivity contribution in [1.82, 2.24) is 15.5 Å². The third-order valence-corrected chi connectivity index (χ3v) is 6.23. The number of carbonyl (C=O) groups excluding carboxylic acids is 2. The lowest BCUT2D eigenvalue weighted by atomic mass is 10.1. The van der Waals surface area contributed by atoms with Crippen molar-refractivity contribution in [3.8, 4) is 0 Å². The van der Waals surface area contributed by atoms with E-state index in [9.17, 15) is 18.0 Å². The summed E-state index contributed by atoms with van der Waals surface area (Å²) in [5.74, 6) is 0.233. The minimum Gasteiger partial charge on any atom is -0.467 e. The largest absolute Gasteiger partial charge is 0.467 e. The second kappa shape index (κ2) is 7.70. The Labute approximate surface area is 167 Å². The zero-order valence-corrected chi connectivity index (χ0v) is 16.3. The highest BCUT2D eigenvalue weighted by molar-refractivity contribution is 7.90. The Hall–Kier alpha value is -3.14. The van der Waals surface area contributed by atoms with E-state index in [2.05, 4.69) is 15.0 Å². The lowest BCUT2D eigenvalue weighted by Gasteiger charge is -2.25. The molecule has 2 aliphatic heterocycles. The third-order valence-electron chi connectivity index (χ3n) is 4.90. The standard InChI is InChI=1S/C19H20N4O5S/c24-17(20-11-13-5-4-10-28-13)12-21-19(25)15-7-3-9-23(15)18-14-6-1-2-8-16(14)29(26,27)22-18/h1-2,4-6,8,10,15H,3,7,9,11-12H2,(H,20,24)(H,21,25)/t15-/m0/s1. The lowest BCUT2D eigenvalue weighted by molar-refractivity contribution is -0.128. The summed E-state index contributed by atoms with van der Waals surface area (Å²) in [6.45, 7) is 0.583. The van der Waals surface area contributed by atoms with Gasteiger partial charge in [0, 0.05) is 12.1 Å². The molecular formula is C19H20N4O5S. The van der Waals surface area contributed by atoms with Crippen molar-refractivity contribution in [1.29, 1.82) is 0 Å². The van der Waals surface area contributed by atoms with E-state index in [1.165, 1.54) is 12.3 Å². The molecule has 0 unspecified atom stereocenters. The highest BCUT2D eigenvalue weighted by Gasteiger charge is 2.39. The molecule has 1 atom stereocenters. The number of likely N-dealkylation sites (tertiary alicyclic amines) is 1. The zero-order chi connectivity index (χ0) is 20.4. The summed E-state index contributed by atoms with van der Waals surface area (Å²) in [7, 11) is -3.75. The van der Waals surface area contributed by atoms with Crippen molar-refractivity contribution in [2.75, 3.05) is 13.1 Å². The van der Waals surface area contributed by atoms with Gasteiger partial charge in [0.15, 0.2) is 5.84 Å². The molecule has 2 amide bonds. The van der Waals surface area contributed by atoms with Gasteiger partial charge in [0.05, 0.1) is 19.4 Å². The van der Waals surface area contributed by atoms with Gasteiger partial charge in [0.1, 0.15) is 16.7 Å². The van der Waals surface area contributed by atoms with Gasteiger partial charge in [-0.3, -0.25) is 9.59 Å². The molecule has 1 fully saturated rings. The number of benzene rings is 1. The van der Waals surface area contributed by atoms with E-state index in [1.54, 1.807) is 35.2 Å². The number of hydrogen-bond acceptors (Lipinski definition) is 6. The van der Waals surface area contributed by atoms with Crippen LogP contribution in [0.3, 0.4) is 0 Å². The van der Waals surface area contributed by atoms with Crippen LogP contribution in [0.25, 0.3) is 0 Å². The molecule has 10 heteroatoms. The average Bonchev–Trinajstić information content (AvgIpc) is 3.44. The molecule has 1 saturated heterocycles. The number of amidine groups is 1. The smallest absolute Gasteiger partial charge is 0.285 e. The quantitative estimate of drug-likeness (QED) is 0.737. The number of fused-ring (bicyclic) bond motifs is 1. The Kier molecular flexibility index (Phi) is 5.10. The Morgan fingerprint density at radius 1 is 1.17 bits per heavy atom. The SMILES string of the molecule is O=C(CNC(=O)[C@@H]1CCCN1C1=NS(=O)(=O)c2ccccc21)NCc1ccco1. The summed E-state index contributed by atoms with van der Waals surface area (Å²) in [5.41, 5.74) is 0.503. The van der Waals surface area contributed by atoms with Crippen LogP contribution in [-0.2, 0) is 26.2 Å². The molecule has 2 aromatic rings. The number of rotatable bonds is 5. The van der Waals surface area contributed by atoms with Gasteiger partial charge >= 0.3 is 0 Å². The van der Waals surface area contributed by atoms with Crippen LogP contribution in [0.1, 0.15) is 24.2 Å². The van der Waals surface area contributed by atoms with E-state index >= 15 is 0 Å². The van der Waals surface area contributed by atoms with Gasteiger partial charge in [-0.15, -0.1) is 4.40 Å². The van der Waals surface area contributed by atoms with Crippen LogP contribution in [0.15, 0.2) is 56.4 Å². The van der Waals surface area contributed by atoms with Crippen LogP contribution in [0.2, 0.25) is 0 Å². The molecule has 4 rings (SSSR count). The number of nitrogens with zero attached hydrogens (tertiary/aromatic N) is 2. The van der Waals surface area contributed by atoms with Gasteiger partial charge in [-0.1, -0.05) is 12.1 Å². The molecule has 1 aromatic heterocycles. The molecule has 0 saturated carbocycles. The second-order valence-electron chi connectivity index (χ2n) is 6.81. The van der Waals surface area contributed by atoms with Gasteiger partial charge in [-0.25, -0.2) is 0 Å². The molecule has 152 valence electrons. The van der Waals surface area contributed by atoms with E-state index in [0.717, 1.165) is 6.42 Å². The molecule has 1 aromatic carbocycles. The zero-order valence-electron chi connectivity index (χ0n) is 15.5. The maximum absolute atomic E-state index is 12.7. The average molecular weight is 416 g/mol. The van der Waals surface area contributed by atoms with Crippen molar-refractivity contribution < 1.29 is 22.4 Å². The number of sulfonamides is 1. The van der Waals surface area contributed by atoms with Crippen molar-refractivity contribution >= 4 is 27.7 Å².